The lowest BCUT2D eigenvalue weighted by molar-refractivity contribution is -0.122. The van der Waals surface area contributed by atoms with Crippen LogP contribution in [0.5, 0.6) is 0 Å². The molecule has 2 N–H and O–H groups in total. The van der Waals surface area contributed by atoms with Crippen LogP contribution in [0.15, 0.2) is 18.2 Å². The number of aryl methyl sites for hydroxylation is 1. The highest BCUT2D eigenvalue weighted by atomic mass is 32.2. The van der Waals surface area contributed by atoms with Crippen molar-refractivity contribution in [2.24, 2.45) is 7.05 Å². The Morgan fingerprint density at radius 1 is 1.52 bits per heavy atom. The van der Waals surface area contributed by atoms with Gasteiger partial charge in [0.05, 0.1) is 17.1 Å². The zero-order valence-corrected chi connectivity index (χ0v) is 14.7. The van der Waals surface area contributed by atoms with Crippen molar-refractivity contribution in [2.75, 3.05) is 18.2 Å². The molecule has 1 amide bonds. The molecule has 0 aliphatic carbocycles. The van der Waals surface area contributed by atoms with Gasteiger partial charge in [-0.05, 0) is 24.1 Å². The second kappa shape index (κ2) is 6.93. The van der Waals surface area contributed by atoms with E-state index < -0.39 is 0 Å². The molecule has 0 bridgehead atoms. The third-order valence-corrected chi connectivity index (χ3v) is 5.18. The molecule has 3 rings (SSSR count). The van der Waals surface area contributed by atoms with Crippen LogP contribution >= 0.6 is 11.8 Å². The summed E-state index contributed by atoms with van der Waals surface area (Å²) in [5.74, 6) is 3.36. The first-order valence-electron chi connectivity index (χ1n) is 8.10. The number of carbonyl (C=O) groups is 1. The second-order valence-electron chi connectivity index (χ2n) is 6.32. The smallest absolute Gasteiger partial charge is 0.238 e. The highest BCUT2D eigenvalue weighted by Crippen LogP contribution is 2.21. The average molecular weight is 332 g/mol. The number of nitrogens with one attached hydrogen (secondary N) is 2. The van der Waals surface area contributed by atoms with E-state index in [1.165, 1.54) is 5.56 Å². The molecule has 2 heterocycles. The lowest BCUT2D eigenvalue weighted by atomic mass is 10.1. The van der Waals surface area contributed by atoms with Gasteiger partial charge in [0.2, 0.25) is 5.91 Å². The van der Waals surface area contributed by atoms with E-state index in [-0.39, 0.29) is 11.9 Å². The molecule has 1 atom stereocenters. The van der Waals surface area contributed by atoms with E-state index in [4.69, 9.17) is 4.98 Å². The summed E-state index contributed by atoms with van der Waals surface area (Å²) >= 11 is 1.77. The van der Waals surface area contributed by atoms with Crippen molar-refractivity contribution >= 4 is 28.7 Å². The molecule has 5 nitrogen and oxygen atoms in total. The summed E-state index contributed by atoms with van der Waals surface area (Å²) in [6, 6.07) is 6.36. The SMILES string of the molecule is CC(C)c1nc2cc(CCNC(=O)C3CSCN3)ccc2n1C. The highest BCUT2D eigenvalue weighted by molar-refractivity contribution is 7.99. The molecule has 1 unspecified atom stereocenters. The first kappa shape index (κ1) is 16.3. The van der Waals surface area contributed by atoms with Gasteiger partial charge in [-0.2, -0.15) is 0 Å². The van der Waals surface area contributed by atoms with E-state index in [2.05, 4.69) is 54.3 Å². The minimum atomic E-state index is -0.0353. The molecule has 1 aromatic carbocycles. The van der Waals surface area contributed by atoms with Gasteiger partial charge in [-0.1, -0.05) is 19.9 Å². The summed E-state index contributed by atoms with van der Waals surface area (Å²) in [7, 11) is 2.07. The summed E-state index contributed by atoms with van der Waals surface area (Å²) in [4.78, 5) is 16.7. The van der Waals surface area contributed by atoms with Crippen molar-refractivity contribution in [2.45, 2.75) is 32.2 Å². The van der Waals surface area contributed by atoms with Gasteiger partial charge in [-0.15, -0.1) is 11.8 Å². The van der Waals surface area contributed by atoms with Crippen LogP contribution in [0.2, 0.25) is 0 Å². The molecule has 124 valence electrons. The Balaban J connectivity index is 1.63. The van der Waals surface area contributed by atoms with Gasteiger partial charge in [0.15, 0.2) is 0 Å². The number of carbonyl (C=O) groups excluding carboxylic acids is 1. The van der Waals surface area contributed by atoms with Crippen LogP contribution in [0.1, 0.15) is 31.2 Å². The van der Waals surface area contributed by atoms with Crippen LogP contribution in [0.4, 0.5) is 0 Å². The van der Waals surface area contributed by atoms with Crippen LogP contribution in [0, 0.1) is 0 Å². The summed E-state index contributed by atoms with van der Waals surface area (Å²) in [6.45, 7) is 4.98. The van der Waals surface area contributed by atoms with Gasteiger partial charge in [0.25, 0.3) is 0 Å². The molecule has 23 heavy (non-hydrogen) atoms. The molecule has 1 saturated heterocycles. The number of nitrogens with zero attached hydrogens (tertiary/aromatic N) is 2. The monoisotopic (exact) mass is 332 g/mol. The zero-order chi connectivity index (χ0) is 16.4. The minimum absolute atomic E-state index is 0.0353. The van der Waals surface area contributed by atoms with Crippen LogP contribution in [-0.2, 0) is 18.3 Å². The van der Waals surface area contributed by atoms with Gasteiger partial charge < -0.3 is 9.88 Å². The predicted octanol–water partition coefficient (Wildman–Crippen LogP) is 2.02. The summed E-state index contributed by atoms with van der Waals surface area (Å²) < 4.78 is 2.16. The van der Waals surface area contributed by atoms with Gasteiger partial charge >= 0.3 is 0 Å². The quantitative estimate of drug-likeness (QED) is 0.879. The first-order valence-corrected chi connectivity index (χ1v) is 9.26. The van der Waals surface area contributed by atoms with E-state index in [0.29, 0.717) is 12.5 Å². The number of rotatable bonds is 5. The van der Waals surface area contributed by atoms with E-state index >= 15 is 0 Å². The van der Waals surface area contributed by atoms with Crippen molar-refractivity contribution < 1.29 is 4.79 Å². The number of hydrogen-bond acceptors (Lipinski definition) is 4. The molecule has 0 saturated carbocycles. The average Bonchev–Trinajstić information content (AvgIpc) is 3.15. The topological polar surface area (TPSA) is 59.0 Å². The highest BCUT2D eigenvalue weighted by Gasteiger charge is 2.21. The summed E-state index contributed by atoms with van der Waals surface area (Å²) in [5, 5.41) is 6.20. The molecule has 1 fully saturated rings. The number of amides is 1. The van der Waals surface area contributed by atoms with Crippen LogP contribution in [0.3, 0.4) is 0 Å². The van der Waals surface area contributed by atoms with Gasteiger partial charge in [-0.25, -0.2) is 4.98 Å². The maximum absolute atomic E-state index is 12.0. The fourth-order valence-corrected chi connectivity index (χ4v) is 3.89. The third-order valence-electron chi connectivity index (χ3n) is 4.24. The van der Waals surface area contributed by atoms with Crippen molar-refractivity contribution in [1.29, 1.82) is 0 Å². The lowest BCUT2D eigenvalue weighted by Gasteiger charge is -2.10. The lowest BCUT2D eigenvalue weighted by Crippen LogP contribution is -2.42. The molecule has 1 aliphatic heterocycles. The van der Waals surface area contributed by atoms with Gasteiger partial charge in [-0.3, -0.25) is 10.1 Å². The molecule has 1 aliphatic rings. The van der Waals surface area contributed by atoms with E-state index in [0.717, 1.165) is 34.9 Å². The van der Waals surface area contributed by atoms with Gasteiger partial charge in [0, 0.05) is 31.1 Å². The fourth-order valence-electron chi connectivity index (χ4n) is 2.95. The molecule has 1 aromatic heterocycles. The number of hydrogen-bond donors (Lipinski definition) is 2. The Bertz CT molecular complexity index is 704. The third kappa shape index (κ3) is 3.53. The van der Waals surface area contributed by atoms with E-state index in [1.807, 2.05) is 0 Å². The maximum Gasteiger partial charge on any atom is 0.238 e. The molecule has 0 spiro atoms. The number of thioether (sulfide) groups is 1. The zero-order valence-electron chi connectivity index (χ0n) is 13.9. The number of benzene rings is 1. The van der Waals surface area contributed by atoms with Gasteiger partial charge in [0.1, 0.15) is 5.82 Å². The Kier molecular flexibility index (Phi) is 4.92. The summed E-state index contributed by atoms with van der Waals surface area (Å²) in [6.07, 6.45) is 0.829. The van der Waals surface area contributed by atoms with Crippen molar-refractivity contribution in [3.63, 3.8) is 0 Å². The molecular formula is C17H24N4OS. The Morgan fingerprint density at radius 3 is 3.04 bits per heavy atom. The first-order chi connectivity index (χ1) is 11.1. The number of aromatic nitrogens is 2. The van der Waals surface area contributed by atoms with Crippen molar-refractivity contribution in [3.05, 3.63) is 29.6 Å². The Hall–Kier alpha value is -1.53. The fraction of sp³-hybridized carbons (Fsp3) is 0.529. The number of imidazole rings is 1. The molecule has 6 heteroatoms. The minimum Gasteiger partial charge on any atom is -0.354 e. The van der Waals surface area contributed by atoms with Crippen LogP contribution < -0.4 is 10.6 Å². The molecule has 0 radical (unpaired) electrons. The normalized spacial score (nSPS) is 18.0. The Labute approximate surface area is 141 Å². The second-order valence-corrected chi connectivity index (χ2v) is 7.35. The predicted molar refractivity (Wildman–Crippen MR) is 95.8 cm³/mol. The van der Waals surface area contributed by atoms with Crippen LogP contribution in [0.25, 0.3) is 11.0 Å². The Morgan fingerprint density at radius 2 is 2.35 bits per heavy atom. The van der Waals surface area contributed by atoms with Crippen molar-refractivity contribution in [3.8, 4) is 0 Å². The van der Waals surface area contributed by atoms with Crippen LogP contribution in [-0.4, -0.2) is 39.7 Å². The van der Waals surface area contributed by atoms with E-state index in [1.54, 1.807) is 11.8 Å². The number of fused-ring (bicyclic) bond motifs is 1. The van der Waals surface area contributed by atoms with Crippen molar-refractivity contribution in [1.82, 2.24) is 20.2 Å². The maximum atomic E-state index is 12.0. The molecular weight excluding hydrogens is 308 g/mol. The molecule has 2 aromatic rings. The standard InChI is InChI=1S/C17H24N4OS/c1-11(2)16-20-13-8-12(4-5-15(13)21(16)3)6-7-18-17(22)14-9-23-10-19-14/h4-5,8,11,14,19H,6-7,9-10H2,1-3H3,(H,18,22). The largest absolute Gasteiger partial charge is 0.354 e. The van der Waals surface area contributed by atoms with E-state index in [9.17, 15) is 4.79 Å². The summed E-state index contributed by atoms with van der Waals surface area (Å²) in [5.41, 5.74) is 3.41.